The summed E-state index contributed by atoms with van der Waals surface area (Å²) in [6.07, 6.45) is 2.22. The monoisotopic (exact) mass is 370 g/mol. The molecule has 17 heavy (non-hydrogen) atoms. The first kappa shape index (κ1) is 13.1. The molecular weight excluding hydrogens is 360 g/mol. The van der Waals surface area contributed by atoms with Crippen molar-refractivity contribution in [1.82, 2.24) is 0 Å². The van der Waals surface area contributed by atoms with Crippen molar-refractivity contribution in [3.63, 3.8) is 0 Å². The minimum Gasteiger partial charge on any atom is -0.136 e. The largest absolute Gasteiger partial charge is 0.136 e. The Labute approximate surface area is 123 Å². The van der Waals surface area contributed by atoms with Crippen molar-refractivity contribution in [3.8, 4) is 10.4 Å². The minimum atomic E-state index is 0.928. The van der Waals surface area contributed by atoms with Crippen LogP contribution in [0, 0.1) is 0 Å². The summed E-state index contributed by atoms with van der Waals surface area (Å²) in [5.41, 5.74) is 2.60. The fourth-order valence-electron chi connectivity index (χ4n) is 1.51. The van der Waals surface area contributed by atoms with Crippen LogP contribution in [0.3, 0.4) is 0 Å². The maximum Gasteiger partial charge on any atom is 0.0349 e. The van der Waals surface area contributed by atoms with Crippen LogP contribution in [0.4, 0.5) is 0 Å². The van der Waals surface area contributed by atoms with Gasteiger partial charge >= 0.3 is 0 Å². The van der Waals surface area contributed by atoms with Crippen LogP contribution in [0.1, 0.15) is 11.8 Å². The summed E-state index contributed by atoms with van der Waals surface area (Å²) in [5.74, 6) is 0. The quantitative estimate of drug-likeness (QED) is 0.582. The molecule has 0 amide bonds. The Morgan fingerprint density at radius 1 is 1.29 bits per heavy atom. The molecule has 1 heterocycles. The first-order valence-electron chi connectivity index (χ1n) is 5.28. The van der Waals surface area contributed by atoms with Gasteiger partial charge in [-0.15, -0.1) is 11.3 Å². The van der Waals surface area contributed by atoms with Gasteiger partial charge in [-0.05, 0) is 42.8 Å². The lowest BCUT2D eigenvalue weighted by molar-refractivity contribution is 1.46. The van der Waals surface area contributed by atoms with Crippen LogP contribution in [0.2, 0.25) is 0 Å². The molecule has 2 rings (SSSR count). The number of alkyl halides is 1. The number of halogens is 2. The second-order valence-electron chi connectivity index (χ2n) is 3.84. The fourth-order valence-corrected chi connectivity index (χ4v) is 3.10. The molecule has 0 atom stereocenters. The van der Waals surface area contributed by atoms with Gasteiger partial charge in [0.05, 0.1) is 0 Å². The summed E-state index contributed by atoms with van der Waals surface area (Å²) in [7, 11) is 0. The van der Waals surface area contributed by atoms with Gasteiger partial charge < -0.3 is 0 Å². The summed E-state index contributed by atoms with van der Waals surface area (Å²) >= 11 is 8.79. The van der Waals surface area contributed by atoms with Crippen molar-refractivity contribution in [3.05, 3.63) is 51.3 Å². The molecule has 0 aliphatic heterocycles. The molecule has 0 nitrogen and oxygen atoms in total. The van der Waals surface area contributed by atoms with Gasteiger partial charge in [0.15, 0.2) is 0 Å². The topological polar surface area (TPSA) is 0 Å². The van der Waals surface area contributed by atoms with Gasteiger partial charge in [-0.2, -0.15) is 0 Å². The average molecular weight is 372 g/mol. The molecule has 0 fully saturated rings. The van der Waals surface area contributed by atoms with Gasteiger partial charge in [0, 0.05) is 19.6 Å². The van der Waals surface area contributed by atoms with Crippen LogP contribution in [-0.4, -0.2) is 5.33 Å². The van der Waals surface area contributed by atoms with Gasteiger partial charge in [0.25, 0.3) is 0 Å². The minimum absolute atomic E-state index is 0.928. The third-order valence-corrected chi connectivity index (χ3v) is 4.79. The molecule has 0 spiro atoms. The summed E-state index contributed by atoms with van der Waals surface area (Å²) < 4.78 is 1.12. The molecule has 0 saturated carbocycles. The summed E-state index contributed by atoms with van der Waals surface area (Å²) in [6, 6.07) is 12.8. The van der Waals surface area contributed by atoms with E-state index in [0.717, 1.165) is 9.80 Å². The number of allylic oxidation sites excluding steroid dienone is 1. The van der Waals surface area contributed by atoms with E-state index >= 15 is 0 Å². The highest BCUT2D eigenvalue weighted by molar-refractivity contribution is 9.10. The van der Waals surface area contributed by atoms with Crippen molar-refractivity contribution >= 4 is 49.3 Å². The van der Waals surface area contributed by atoms with E-state index < -0.39 is 0 Å². The molecule has 0 bridgehead atoms. The Morgan fingerprint density at radius 2 is 2.12 bits per heavy atom. The fraction of sp³-hybridized carbons (Fsp3) is 0.143. The van der Waals surface area contributed by atoms with Gasteiger partial charge in [-0.1, -0.05) is 49.6 Å². The second kappa shape index (κ2) is 5.98. The highest BCUT2D eigenvalue weighted by atomic mass is 79.9. The summed E-state index contributed by atoms with van der Waals surface area (Å²) in [6.45, 7) is 2.13. The Balaban J connectivity index is 2.30. The number of hydrogen-bond acceptors (Lipinski definition) is 1. The Hall–Kier alpha value is -0.380. The van der Waals surface area contributed by atoms with Crippen LogP contribution in [0.5, 0.6) is 0 Å². The normalized spacial score (nSPS) is 11.8. The van der Waals surface area contributed by atoms with E-state index in [1.54, 1.807) is 0 Å². The van der Waals surface area contributed by atoms with E-state index in [1.165, 1.54) is 20.9 Å². The van der Waals surface area contributed by atoms with Crippen LogP contribution < -0.4 is 0 Å². The van der Waals surface area contributed by atoms with Gasteiger partial charge in [0.1, 0.15) is 0 Å². The van der Waals surface area contributed by atoms with Crippen LogP contribution in [0.25, 0.3) is 16.5 Å². The SMILES string of the molecule is CC(=Cc1ccc(-c2cccc(Br)c2)s1)CBr. The second-order valence-corrected chi connectivity index (χ2v) is 6.43. The van der Waals surface area contributed by atoms with E-state index in [1.807, 2.05) is 17.4 Å². The number of benzene rings is 1. The zero-order valence-electron chi connectivity index (χ0n) is 9.41. The van der Waals surface area contributed by atoms with Gasteiger partial charge in [0.2, 0.25) is 0 Å². The molecule has 0 aliphatic rings. The third kappa shape index (κ3) is 3.54. The molecule has 0 radical (unpaired) electrons. The molecule has 0 saturated heterocycles. The van der Waals surface area contributed by atoms with Crippen molar-refractivity contribution < 1.29 is 0 Å². The molecular formula is C14H12Br2S. The molecule has 1 aromatic heterocycles. The van der Waals surface area contributed by atoms with E-state index in [9.17, 15) is 0 Å². The standard InChI is InChI=1S/C14H12Br2S/c1-10(9-15)7-13-5-6-14(17-13)11-3-2-4-12(16)8-11/h2-8H,9H2,1H3. The molecule has 0 unspecified atom stereocenters. The van der Waals surface area contributed by atoms with E-state index in [0.29, 0.717) is 0 Å². The zero-order valence-corrected chi connectivity index (χ0v) is 13.4. The van der Waals surface area contributed by atoms with E-state index in [4.69, 9.17) is 0 Å². The van der Waals surface area contributed by atoms with E-state index in [2.05, 4.69) is 75.2 Å². The molecule has 88 valence electrons. The molecule has 0 N–H and O–H groups in total. The maximum absolute atomic E-state index is 3.50. The van der Waals surface area contributed by atoms with Crippen molar-refractivity contribution in [2.24, 2.45) is 0 Å². The Kier molecular flexibility index (Phi) is 4.60. The summed E-state index contributed by atoms with van der Waals surface area (Å²) in [5, 5.41) is 0.928. The number of hydrogen-bond donors (Lipinski definition) is 0. The highest BCUT2D eigenvalue weighted by Crippen LogP contribution is 2.30. The van der Waals surface area contributed by atoms with Crippen LogP contribution in [-0.2, 0) is 0 Å². The predicted octanol–water partition coefficient (Wildman–Crippen LogP) is 5.98. The maximum atomic E-state index is 3.50. The lowest BCUT2D eigenvalue weighted by Gasteiger charge is -1.97. The first-order valence-corrected chi connectivity index (χ1v) is 8.01. The van der Waals surface area contributed by atoms with Crippen molar-refractivity contribution in [2.45, 2.75) is 6.92 Å². The number of thiophene rings is 1. The smallest absolute Gasteiger partial charge is 0.0349 e. The van der Waals surface area contributed by atoms with Crippen molar-refractivity contribution in [1.29, 1.82) is 0 Å². The predicted molar refractivity (Wildman–Crippen MR) is 84.9 cm³/mol. The van der Waals surface area contributed by atoms with Gasteiger partial charge in [-0.25, -0.2) is 0 Å². The van der Waals surface area contributed by atoms with Crippen LogP contribution in [0.15, 0.2) is 46.4 Å². The van der Waals surface area contributed by atoms with Crippen molar-refractivity contribution in [2.75, 3.05) is 5.33 Å². The van der Waals surface area contributed by atoms with Gasteiger partial charge in [-0.3, -0.25) is 0 Å². The molecule has 1 aromatic carbocycles. The lowest BCUT2D eigenvalue weighted by atomic mass is 10.2. The first-order chi connectivity index (χ1) is 8.19. The van der Waals surface area contributed by atoms with Crippen LogP contribution >= 0.6 is 43.2 Å². The highest BCUT2D eigenvalue weighted by Gasteiger charge is 2.02. The lowest BCUT2D eigenvalue weighted by Crippen LogP contribution is -1.73. The zero-order chi connectivity index (χ0) is 12.3. The summed E-state index contributed by atoms with van der Waals surface area (Å²) in [4.78, 5) is 2.61. The Morgan fingerprint density at radius 3 is 2.82 bits per heavy atom. The Bertz CT molecular complexity index is 541. The average Bonchev–Trinajstić information content (AvgIpc) is 2.77. The molecule has 0 aliphatic carbocycles. The van der Waals surface area contributed by atoms with E-state index in [-0.39, 0.29) is 0 Å². The third-order valence-electron chi connectivity index (χ3n) is 2.34. The molecule has 2 aromatic rings. The number of rotatable bonds is 3. The molecule has 3 heteroatoms.